The number of aliphatic hydroxyl groups is 1. The van der Waals surface area contributed by atoms with Crippen molar-refractivity contribution in [1.29, 1.82) is 0 Å². The molecule has 2 rings (SSSR count). The summed E-state index contributed by atoms with van der Waals surface area (Å²) in [6.07, 6.45) is 1.08. The van der Waals surface area contributed by atoms with Gasteiger partial charge in [0.25, 0.3) is 0 Å². The average molecular weight is 336 g/mol. The van der Waals surface area contributed by atoms with E-state index in [0.29, 0.717) is 16.3 Å². The number of methoxy groups -OCH3 is 1. The van der Waals surface area contributed by atoms with Gasteiger partial charge in [0.2, 0.25) is 0 Å². The number of aliphatic hydroxyl groups excluding tert-OH is 1. The maximum absolute atomic E-state index is 10.4. The first-order valence-electron chi connectivity index (χ1n) is 5.89. The Morgan fingerprint density at radius 1 is 1.50 bits per heavy atom. The third kappa shape index (κ3) is 2.82. The van der Waals surface area contributed by atoms with Crippen LogP contribution in [0.15, 0.2) is 16.6 Å². The van der Waals surface area contributed by atoms with Gasteiger partial charge in [0.15, 0.2) is 0 Å². The van der Waals surface area contributed by atoms with Crippen LogP contribution in [0.3, 0.4) is 0 Å². The molecule has 0 spiro atoms. The van der Waals surface area contributed by atoms with Crippen LogP contribution in [0.5, 0.6) is 5.75 Å². The highest BCUT2D eigenvalue weighted by Gasteiger charge is 2.31. The summed E-state index contributed by atoms with van der Waals surface area (Å²) < 4.78 is 11.7. The van der Waals surface area contributed by atoms with Crippen LogP contribution >= 0.6 is 27.5 Å². The lowest BCUT2D eigenvalue weighted by Crippen LogP contribution is -2.19. The van der Waals surface area contributed by atoms with Crippen molar-refractivity contribution in [2.75, 3.05) is 7.11 Å². The van der Waals surface area contributed by atoms with Crippen molar-refractivity contribution in [3.8, 4) is 5.75 Å². The zero-order valence-electron chi connectivity index (χ0n) is 10.3. The van der Waals surface area contributed by atoms with E-state index >= 15 is 0 Å². The van der Waals surface area contributed by atoms with Gasteiger partial charge in [-0.3, -0.25) is 0 Å². The van der Waals surface area contributed by atoms with Crippen LogP contribution in [0, 0.1) is 0 Å². The van der Waals surface area contributed by atoms with Crippen molar-refractivity contribution >= 4 is 27.5 Å². The van der Waals surface area contributed by atoms with Crippen LogP contribution < -0.4 is 4.74 Å². The van der Waals surface area contributed by atoms with Gasteiger partial charge < -0.3 is 14.6 Å². The lowest BCUT2D eigenvalue weighted by atomic mass is 10.0. The van der Waals surface area contributed by atoms with E-state index < -0.39 is 6.10 Å². The van der Waals surface area contributed by atoms with Crippen molar-refractivity contribution in [1.82, 2.24) is 0 Å². The van der Waals surface area contributed by atoms with E-state index in [-0.39, 0.29) is 12.2 Å². The molecule has 1 aromatic rings. The summed E-state index contributed by atoms with van der Waals surface area (Å²) in [4.78, 5) is 0. The fourth-order valence-electron chi connectivity index (χ4n) is 2.28. The molecule has 1 heterocycles. The van der Waals surface area contributed by atoms with Crippen LogP contribution in [-0.2, 0) is 4.74 Å². The summed E-state index contributed by atoms with van der Waals surface area (Å²) in [6.45, 7) is 2.01. The highest BCUT2D eigenvalue weighted by atomic mass is 79.9. The highest BCUT2D eigenvalue weighted by Crippen LogP contribution is 2.39. The van der Waals surface area contributed by atoms with Gasteiger partial charge in [-0.25, -0.2) is 0 Å². The molecule has 0 aliphatic carbocycles. The van der Waals surface area contributed by atoms with Crippen LogP contribution in [0.25, 0.3) is 0 Å². The normalized spacial score (nSPS) is 25.2. The van der Waals surface area contributed by atoms with Gasteiger partial charge in [0.05, 0.1) is 23.8 Å². The number of hydrogen-bond acceptors (Lipinski definition) is 3. The topological polar surface area (TPSA) is 38.7 Å². The Hall–Kier alpha value is -0.290. The highest BCUT2D eigenvalue weighted by molar-refractivity contribution is 9.10. The standard InChI is InChI=1S/C13H16BrClO3/c1-7-3-4-11(18-7)12(16)9-5-8(15)6-10(14)13(9)17-2/h5-7,11-12,16H,3-4H2,1-2H3. The van der Waals surface area contributed by atoms with Crippen LogP contribution in [0.1, 0.15) is 31.4 Å². The number of ether oxygens (including phenoxy) is 2. The summed E-state index contributed by atoms with van der Waals surface area (Å²) in [5.41, 5.74) is 0.663. The Morgan fingerprint density at radius 2 is 2.22 bits per heavy atom. The third-order valence-electron chi connectivity index (χ3n) is 3.18. The monoisotopic (exact) mass is 334 g/mol. The molecular weight excluding hydrogens is 319 g/mol. The maximum atomic E-state index is 10.4. The van der Waals surface area contributed by atoms with Gasteiger partial charge in [-0.1, -0.05) is 11.6 Å². The Balaban J connectivity index is 2.31. The van der Waals surface area contributed by atoms with Crippen molar-refractivity contribution in [3.63, 3.8) is 0 Å². The number of rotatable bonds is 3. The van der Waals surface area contributed by atoms with E-state index in [2.05, 4.69) is 15.9 Å². The van der Waals surface area contributed by atoms with Crippen LogP contribution in [-0.4, -0.2) is 24.4 Å². The molecule has 3 nitrogen and oxygen atoms in total. The Kier molecular flexibility index (Phi) is 4.54. The number of halogens is 2. The summed E-state index contributed by atoms with van der Waals surface area (Å²) in [7, 11) is 1.57. The smallest absolute Gasteiger partial charge is 0.139 e. The SMILES string of the molecule is COc1c(Br)cc(Cl)cc1C(O)C1CCC(C)O1. The number of hydrogen-bond donors (Lipinski definition) is 1. The molecule has 1 aromatic carbocycles. The van der Waals surface area contributed by atoms with E-state index in [4.69, 9.17) is 21.1 Å². The first-order valence-corrected chi connectivity index (χ1v) is 7.06. The molecule has 0 bridgehead atoms. The molecule has 0 radical (unpaired) electrons. The van der Waals surface area contributed by atoms with Crippen molar-refractivity contribution in [2.45, 2.75) is 38.1 Å². The molecule has 1 saturated heterocycles. The fraction of sp³-hybridized carbons (Fsp3) is 0.538. The molecule has 1 aliphatic heterocycles. The summed E-state index contributed by atoms with van der Waals surface area (Å²) in [5.74, 6) is 0.607. The van der Waals surface area contributed by atoms with Crippen LogP contribution in [0.2, 0.25) is 5.02 Å². The zero-order valence-corrected chi connectivity index (χ0v) is 12.7. The molecule has 0 aromatic heterocycles. The average Bonchev–Trinajstić information content (AvgIpc) is 2.74. The second-order valence-electron chi connectivity index (χ2n) is 4.52. The lowest BCUT2D eigenvalue weighted by molar-refractivity contribution is -0.0305. The molecule has 100 valence electrons. The van der Waals surface area contributed by atoms with E-state index in [9.17, 15) is 5.11 Å². The molecule has 3 atom stereocenters. The molecule has 3 unspecified atom stereocenters. The second kappa shape index (κ2) is 5.78. The van der Waals surface area contributed by atoms with E-state index in [1.165, 1.54) is 0 Å². The molecular formula is C13H16BrClO3. The van der Waals surface area contributed by atoms with Crippen molar-refractivity contribution in [3.05, 3.63) is 27.2 Å². The second-order valence-corrected chi connectivity index (χ2v) is 5.81. The predicted octanol–water partition coefficient (Wildman–Crippen LogP) is 3.71. The van der Waals surface area contributed by atoms with E-state index in [1.807, 2.05) is 6.92 Å². The minimum atomic E-state index is -0.722. The summed E-state index contributed by atoms with van der Waals surface area (Å²) >= 11 is 9.41. The van der Waals surface area contributed by atoms with E-state index in [1.54, 1.807) is 19.2 Å². The summed E-state index contributed by atoms with van der Waals surface area (Å²) in [5, 5.41) is 11.0. The quantitative estimate of drug-likeness (QED) is 0.915. The predicted molar refractivity (Wildman–Crippen MR) is 74.2 cm³/mol. The fourth-order valence-corrected chi connectivity index (χ4v) is 3.28. The first kappa shape index (κ1) is 14.1. The molecule has 5 heteroatoms. The third-order valence-corrected chi connectivity index (χ3v) is 3.98. The number of benzene rings is 1. The summed E-state index contributed by atoms with van der Waals surface area (Å²) in [6, 6.07) is 3.47. The largest absolute Gasteiger partial charge is 0.495 e. The van der Waals surface area contributed by atoms with Crippen molar-refractivity contribution < 1.29 is 14.6 Å². The molecule has 1 fully saturated rings. The Bertz CT molecular complexity index is 438. The molecule has 18 heavy (non-hydrogen) atoms. The molecule has 0 saturated carbocycles. The van der Waals surface area contributed by atoms with Gasteiger partial charge in [-0.15, -0.1) is 0 Å². The first-order chi connectivity index (χ1) is 8.52. The van der Waals surface area contributed by atoms with Gasteiger partial charge in [-0.05, 0) is 47.8 Å². The Labute approximate surface area is 120 Å². The van der Waals surface area contributed by atoms with Crippen molar-refractivity contribution in [2.24, 2.45) is 0 Å². The molecule has 1 N–H and O–H groups in total. The minimum Gasteiger partial charge on any atom is -0.495 e. The minimum absolute atomic E-state index is 0.193. The van der Waals surface area contributed by atoms with Gasteiger partial charge in [0, 0.05) is 10.6 Å². The van der Waals surface area contributed by atoms with Gasteiger partial charge in [0.1, 0.15) is 11.9 Å². The van der Waals surface area contributed by atoms with Gasteiger partial charge >= 0.3 is 0 Å². The van der Waals surface area contributed by atoms with Gasteiger partial charge in [-0.2, -0.15) is 0 Å². The van der Waals surface area contributed by atoms with Crippen LogP contribution in [0.4, 0.5) is 0 Å². The molecule has 0 amide bonds. The zero-order chi connectivity index (χ0) is 13.3. The molecule has 1 aliphatic rings. The maximum Gasteiger partial charge on any atom is 0.139 e. The lowest BCUT2D eigenvalue weighted by Gasteiger charge is -2.21. The Morgan fingerprint density at radius 3 is 2.78 bits per heavy atom. The van der Waals surface area contributed by atoms with E-state index in [0.717, 1.165) is 17.3 Å².